The molecule has 2 heterocycles. The van der Waals surface area contributed by atoms with E-state index in [9.17, 15) is 19.8 Å². The van der Waals surface area contributed by atoms with Crippen LogP contribution in [-0.2, 0) is 28.5 Å². The number of methoxy groups -OCH3 is 1. The number of hydrogen-bond donors (Lipinski definition) is 2. The minimum atomic E-state index is -0.844. The van der Waals surface area contributed by atoms with E-state index in [0.717, 1.165) is 12.0 Å². The molecule has 0 aromatic heterocycles. The van der Waals surface area contributed by atoms with E-state index in [2.05, 4.69) is 13.8 Å². The summed E-state index contributed by atoms with van der Waals surface area (Å²) in [7, 11) is 1.70. The summed E-state index contributed by atoms with van der Waals surface area (Å²) in [4.78, 5) is 24.5. The molecule has 0 saturated carbocycles. The highest BCUT2D eigenvalue weighted by molar-refractivity contribution is 5.70. The van der Waals surface area contributed by atoms with E-state index in [-0.39, 0.29) is 48.5 Å². The van der Waals surface area contributed by atoms with Crippen LogP contribution in [0.5, 0.6) is 0 Å². The van der Waals surface area contributed by atoms with E-state index in [1.54, 1.807) is 7.11 Å². The topological polar surface area (TPSA) is 115 Å². The van der Waals surface area contributed by atoms with Crippen LogP contribution >= 0.6 is 0 Å². The van der Waals surface area contributed by atoms with Gasteiger partial charge >= 0.3 is 11.9 Å². The molecule has 0 aromatic carbocycles. The normalized spacial score (nSPS) is 33.6. The Labute approximate surface area is 240 Å². The predicted octanol–water partition coefficient (Wildman–Crippen LogP) is 4.92. The minimum Gasteiger partial charge on any atom is -0.458 e. The van der Waals surface area contributed by atoms with Crippen LogP contribution in [0.4, 0.5) is 0 Å². The SMILES string of the molecule is CC[C@H](OC)[C@@H](C)[C@H]1O[C@@H]1[C@@H](O)[C@H](C)/C=C/C=C(\C)[C@H]1OC(=O)C[C@H](O)CCC(C)(C)[C@H](OC(C)=O)/C=C/[C@@H]1C. The highest BCUT2D eigenvalue weighted by Gasteiger charge is 2.50. The summed E-state index contributed by atoms with van der Waals surface area (Å²) >= 11 is 0. The standard InChI is InChI=1S/C32H52O8/c1-10-25(37-9)22(5)30-31(40-30)28(36)19(2)12-11-13-20(3)29-21(4)14-15-26(38-23(6)33)32(7,8)17-16-24(34)18-27(35)39-29/h11-15,19,21-22,24-26,28-31,34,36H,10,16-18H2,1-9H3/b12-11+,15-14+,20-13+/t19-,21+,22-,24-,25+,26-,28+,29-,30-,31-/m1/s1. The van der Waals surface area contributed by atoms with Gasteiger partial charge in [0, 0.05) is 37.2 Å². The molecule has 2 aliphatic heterocycles. The number of esters is 2. The van der Waals surface area contributed by atoms with Crippen LogP contribution in [0.2, 0.25) is 0 Å². The number of carbonyl (C=O) groups excluding carboxylic acids is 2. The lowest BCUT2D eigenvalue weighted by molar-refractivity contribution is -0.151. The van der Waals surface area contributed by atoms with Crippen molar-refractivity contribution in [3.05, 3.63) is 36.0 Å². The summed E-state index contributed by atoms with van der Waals surface area (Å²) in [6.45, 7) is 15.3. The number of aliphatic hydroxyl groups excluding tert-OH is 2. The Bertz CT molecular complexity index is 918. The summed E-state index contributed by atoms with van der Waals surface area (Å²) in [6, 6.07) is 0. The fourth-order valence-corrected chi connectivity index (χ4v) is 5.48. The first-order chi connectivity index (χ1) is 18.7. The third-order valence-corrected chi connectivity index (χ3v) is 8.38. The molecule has 1 saturated heterocycles. The molecule has 0 amide bonds. The molecule has 0 spiro atoms. The van der Waals surface area contributed by atoms with Crippen molar-refractivity contribution in [3.63, 3.8) is 0 Å². The third-order valence-electron chi connectivity index (χ3n) is 8.38. The maximum Gasteiger partial charge on any atom is 0.309 e. The molecule has 0 radical (unpaired) electrons. The number of hydrogen-bond acceptors (Lipinski definition) is 8. The summed E-state index contributed by atoms with van der Waals surface area (Å²) in [5.74, 6) is -0.989. The highest BCUT2D eigenvalue weighted by atomic mass is 16.6. The molecule has 0 bridgehead atoms. The molecular formula is C32H52O8. The zero-order valence-electron chi connectivity index (χ0n) is 25.8. The lowest BCUT2D eigenvalue weighted by atomic mass is 9.80. The number of epoxide rings is 1. The number of carbonyl (C=O) groups is 2. The maximum absolute atomic E-state index is 12.7. The van der Waals surface area contributed by atoms with Gasteiger partial charge in [-0.3, -0.25) is 9.59 Å². The molecule has 0 aromatic rings. The number of rotatable bonds is 10. The Hall–Kier alpha value is -2.00. The number of allylic oxidation sites excluding steroid dienone is 2. The molecule has 8 heteroatoms. The van der Waals surface area contributed by atoms with Crippen LogP contribution in [0.15, 0.2) is 36.0 Å². The quantitative estimate of drug-likeness (QED) is 0.166. The smallest absolute Gasteiger partial charge is 0.309 e. The summed E-state index contributed by atoms with van der Waals surface area (Å²) < 4.78 is 22.8. The van der Waals surface area contributed by atoms with Crippen LogP contribution in [0.1, 0.15) is 81.1 Å². The number of ether oxygens (including phenoxy) is 4. The van der Waals surface area contributed by atoms with Crippen molar-refractivity contribution in [1.82, 2.24) is 0 Å². The monoisotopic (exact) mass is 564 g/mol. The van der Waals surface area contributed by atoms with E-state index in [4.69, 9.17) is 18.9 Å². The Morgan fingerprint density at radius 3 is 2.50 bits per heavy atom. The Balaban J connectivity index is 2.16. The molecule has 2 aliphatic rings. The second kappa shape index (κ2) is 15.3. The van der Waals surface area contributed by atoms with Crippen molar-refractivity contribution >= 4 is 11.9 Å². The van der Waals surface area contributed by atoms with Crippen LogP contribution in [-0.4, -0.2) is 72.0 Å². The van der Waals surface area contributed by atoms with Gasteiger partial charge in [0.05, 0.1) is 30.8 Å². The van der Waals surface area contributed by atoms with Gasteiger partial charge in [-0.1, -0.05) is 65.8 Å². The summed E-state index contributed by atoms with van der Waals surface area (Å²) in [5.41, 5.74) is 0.396. The van der Waals surface area contributed by atoms with Gasteiger partial charge in [0.2, 0.25) is 0 Å². The molecule has 1 fully saturated rings. The van der Waals surface area contributed by atoms with Gasteiger partial charge in [0.15, 0.2) is 0 Å². The Morgan fingerprint density at radius 1 is 1.23 bits per heavy atom. The Kier molecular flexibility index (Phi) is 13.1. The average Bonchev–Trinajstić information content (AvgIpc) is 3.68. The first-order valence-corrected chi connectivity index (χ1v) is 14.7. The van der Waals surface area contributed by atoms with E-state index < -0.39 is 35.8 Å². The molecule has 2 N–H and O–H groups in total. The number of cyclic esters (lactones) is 1. The molecule has 8 nitrogen and oxygen atoms in total. The van der Waals surface area contributed by atoms with Gasteiger partial charge in [-0.15, -0.1) is 0 Å². The highest BCUT2D eigenvalue weighted by Crippen LogP contribution is 2.37. The van der Waals surface area contributed by atoms with Crippen molar-refractivity contribution in [2.75, 3.05) is 7.11 Å². The fraction of sp³-hybridized carbons (Fsp3) is 0.750. The van der Waals surface area contributed by atoms with Gasteiger partial charge in [-0.05, 0) is 37.8 Å². The predicted molar refractivity (Wildman–Crippen MR) is 154 cm³/mol. The minimum absolute atomic E-state index is 0.0209. The van der Waals surface area contributed by atoms with E-state index in [0.29, 0.717) is 12.8 Å². The summed E-state index contributed by atoms with van der Waals surface area (Å²) in [5, 5.41) is 21.3. The van der Waals surface area contributed by atoms with Crippen molar-refractivity contribution < 1.29 is 38.7 Å². The maximum atomic E-state index is 12.7. The average molecular weight is 565 g/mol. The molecule has 2 rings (SSSR count). The summed E-state index contributed by atoms with van der Waals surface area (Å²) in [6.07, 6.45) is 8.54. The second-order valence-corrected chi connectivity index (χ2v) is 12.3. The molecule has 228 valence electrons. The lowest BCUT2D eigenvalue weighted by Crippen LogP contribution is -2.35. The molecular weight excluding hydrogens is 512 g/mol. The third kappa shape index (κ3) is 9.82. The second-order valence-electron chi connectivity index (χ2n) is 12.3. The van der Waals surface area contributed by atoms with Crippen LogP contribution in [0.25, 0.3) is 0 Å². The molecule has 0 unspecified atom stereocenters. The van der Waals surface area contributed by atoms with E-state index in [1.807, 2.05) is 65.0 Å². The fourth-order valence-electron chi connectivity index (χ4n) is 5.48. The number of aliphatic hydroxyl groups is 2. The van der Waals surface area contributed by atoms with Crippen molar-refractivity contribution in [2.45, 2.75) is 124 Å². The van der Waals surface area contributed by atoms with Crippen molar-refractivity contribution in [2.24, 2.45) is 23.2 Å². The van der Waals surface area contributed by atoms with Gasteiger partial charge < -0.3 is 29.2 Å². The molecule has 10 atom stereocenters. The zero-order chi connectivity index (χ0) is 30.2. The Morgan fingerprint density at radius 2 is 1.90 bits per heavy atom. The molecule has 0 aliphatic carbocycles. The molecule has 40 heavy (non-hydrogen) atoms. The first kappa shape index (κ1) is 34.2. The van der Waals surface area contributed by atoms with Crippen LogP contribution in [0, 0.1) is 23.2 Å². The van der Waals surface area contributed by atoms with Crippen molar-refractivity contribution in [1.29, 1.82) is 0 Å². The zero-order valence-corrected chi connectivity index (χ0v) is 25.8. The van der Waals surface area contributed by atoms with Crippen molar-refractivity contribution in [3.8, 4) is 0 Å². The first-order valence-electron chi connectivity index (χ1n) is 14.7. The van der Waals surface area contributed by atoms with E-state index in [1.165, 1.54) is 6.92 Å². The lowest BCUT2D eigenvalue weighted by Gasteiger charge is -2.33. The van der Waals surface area contributed by atoms with Gasteiger partial charge in [0.1, 0.15) is 18.3 Å². The van der Waals surface area contributed by atoms with Crippen LogP contribution in [0.3, 0.4) is 0 Å². The van der Waals surface area contributed by atoms with Gasteiger partial charge in [-0.2, -0.15) is 0 Å². The largest absolute Gasteiger partial charge is 0.458 e. The van der Waals surface area contributed by atoms with Gasteiger partial charge in [-0.25, -0.2) is 0 Å². The van der Waals surface area contributed by atoms with Gasteiger partial charge in [0.25, 0.3) is 0 Å². The van der Waals surface area contributed by atoms with Crippen LogP contribution < -0.4 is 0 Å². The van der Waals surface area contributed by atoms with E-state index >= 15 is 0 Å².